The van der Waals surface area contributed by atoms with E-state index in [1.807, 2.05) is 13.1 Å². The first kappa shape index (κ1) is 12.9. The molecule has 16 heavy (non-hydrogen) atoms. The minimum Gasteiger partial charge on any atom is -0.481 e. The van der Waals surface area contributed by atoms with Gasteiger partial charge >= 0.3 is 0 Å². The Morgan fingerprint density at radius 1 is 1.25 bits per heavy atom. The van der Waals surface area contributed by atoms with E-state index >= 15 is 0 Å². The van der Waals surface area contributed by atoms with Crippen LogP contribution in [0, 0.1) is 5.92 Å². The predicted octanol–water partition coefficient (Wildman–Crippen LogP) is 1.83. The van der Waals surface area contributed by atoms with Crippen molar-refractivity contribution < 1.29 is 4.74 Å². The SMILES string of the molecule is CNC(C)C(c1cc(OC)ncn1)C(C)C. The Balaban J connectivity index is 3.00. The van der Waals surface area contributed by atoms with Gasteiger partial charge in [-0.1, -0.05) is 13.8 Å². The summed E-state index contributed by atoms with van der Waals surface area (Å²) in [5.41, 5.74) is 1.03. The monoisotopic (exact) mass is 223 g/mol. The van der Waals surface area contributed by atoms with Gasteiger partial charge in [0, 0.05) is 18.0 Å². The molecule has 1 aromatic rings. The molecule has 0 aliphatic rings. The first-order valence-corrected chi connectivity index (χ1v) is 5.63. The van der Waals surface area contributed by atoms with Gasteiger partial charge in [-0.05, 0) is 19.9 Å². The number of hydrogen-bond donors (Lipinski definition) is 1. The predicted molar refractivity (Wildman–Crippen MR) is 64.7 cm³/mol. The van der Waals surface area contributed by atoms with E-state index in [-0.39, 0.29) is 0 Å². The van der Waals surface area contributed by atoms with Crippen LogP contribution in [0.5, 0.6) is 5.88 Å². The lowest BCUT2D eigenvalue weighted by Gasteiger charge is -2.26. The molecule has 0 bridgehead atoms. The molecule has 0 aliphatic heterocycles. The second kappa shape index (κ2) is 5.80. The highest BCUT2D eigenvalue weighted by Gasteiger charge is 2.23. The van der Waals surface area contributed by atoms with Gasteiger partial charge in [0.1, 0.15) is 6.33 Å². The lowest BCUT2D eigenvalue weighted by molar-refractivity contribution is 0.374. The molecule has 1 N–H and O–H groups in total. The van der Waals surface area contributed by atoms with Crippen molar-refractivity contribution in [2.75, 3.05) is 14.2 Å². The maximum atomic E-state index is 5.13. The second-order valence-corrected chi connectivity index (χ2v) is 4.33. The third-order valence-electron chi connectivity index (χ3n) is 2.93. The number of likely N-dealkylation sites (N-methyl/N-ethyl adjacent to an activating group) is 1. The molecule has 0 spiro atoms. The number of nitrogens with zero attached hydrogens (tertiary/aromatic N) is 2. The van der Waals surface area contributed by atoms with Crippen molar-refractivity contribution in [1.82, 2.24) is 15.3 Å². The van der Waals surface area contributed by atoms with E-state index in [1.54, 1.807) is 13.4 Å². The molecule has 4 heteroatoms. The molecule has 2 unspecified atom stereocenters. The van der Waals surface area contributed by atoms with Crippen LogP contribution >= 0.6 is 0 Å². The van der Waals surface area contributed by atoms with Crippen LogP contribution in [0.3, 0.4) is 0 Å². The quantitative estimate of drug-likeness (QED) is 0.827. The van der Waals surface area contributed by atoms with Crippen molar-refractivity contribution in [1.29, 1.82) is 0 Å². The Kier molecular flexibility index (Phi) is 4.68. The lowest BCUT2D eigenvalue weighted by Crippen LogP contribution is -2.32. The fourth-order valence-electron chi connectivity index (χ4n) is 2.00. The minimum absolute atomic E-state index is 0.363. The van der Waals surface area contributed by atoms with E-state index in [2.05, 4.69) is 36.1 Å². The summed E-state index contributed by atoms with van der Waals surface area (Å²) in [4.78, 5) is 8.38. The number of methoxy groups -OCH3 is 1. The summed E-state index contributed by atoms with van der Waals surface area (Å²) in [5.74, 6) is 1.50. The van der Waals surface area contributed by atoms with Crippen molar-refractivity contribution in [3.63, 3.8) is 0 Å². The Morgan fingerprint density at radius 2 is 1.94 bits per heavy atom. The molecule has 1 rings (SSSR count). The third kappa shape index (κ3) is 2.92. The number of rotatable bonds is 5. The Bertz CT molecular complexity index is 328. The van der Waals surface area contributed by atoms with Gasteiger partial charge in [-0.3, -0.25) is 0 Å². The fraction of sp³-hybridized carbons (Fsp3) is 0.667. The second-order valence-electron chi connectivity index (χ2n) is 4.33. The molecule has 90 valence electrons. The highest BCUT2D eigenvalue weighted by atomic mass is 16.5. The molecular weight excluding hydrogens is 202 g/mol. The Hall–Kier alpha value is -1.16. The maximum absolute atomic E-state index is 5.13. The first-order chi connectivity index (χ1) is 7.60. The first-order valence-electron chi connectivity index (χ1n) is 5.63. The van der Waals surface area contributed by atoms with Gasteiger partial charge in [-0.25, -0.2) is 9.97 Å². The normalized spacial score (nSPS) is 14.9. The smallest absolute Gasteiger partial charge is 0.216 e. The molecule has 0 aliphatic carbocycles. The van der Waals surface area contributed by atoms with Crippen LogP contribution in [0.25, 0.3) is 0 Å². The number of nitrogens with one attached hydrogen (secondary N) is 1. The van der Waals surface area contributed by atoms with Crippen molar-refractivity contribution in [3.8, 4) is 5.88 Å². The zero-order valence-electron chi connectivity index (χ0n) is 10.7. The fourth-order valence-corrected chi connectivity index (χ4v) is 2.00. The van der Waals surface area contributed by atoms with Crippen LogP contribution in [0.4, 0.5) is 0 Å². The molecule has 0 fully saturated rings. The molecular formula is C12H21N3O. The zero-order valence-corrected chi connectivity index (χ0v) is 10.7. The van der Waals surface area contributed by atoms with Crippen LogP contribution in [0.1, 0.15) is 32.4 Å². The summed E-state index contributed by atoms with van der Waals surface area (Å²) in [6.45, 7) is 6.57. The van der Waals surface area contributed by atoms with Gasteiger partial charge in [0.05, 0.1) is 12.8 Å². The summed E-state index contributed by atoms with van der Waals surface area (Å²) in [6, 6.07) is 2.29. The van der Waals surface area contributed by atoms with Crippen molar-refractivity contribution >= 4 is 0 Å². The van der Waals surface area contributed by atoms with Gasteiger partial charge in [0.15, 0.2) is 0 Å². The molecule has 4 nitrogen and oxygen atoms in total. The van der Waals surface area contributed by atoms with E-state index in [9.17, 15) is 0 Å². The van der Waals surface area contributed by atoms with Gasteiger partial charge in [-0.15, -0.1) is 0 Å². The third-order valence-corrected chi connectivity index (χ3v) is 2.93. The summed E-state index contributed by atoms with van der Waals surface area (Å²) in [7, 11) is 3.59. The Labute approximate surface area is 97.5 Å². The van der Waals surface area contributed by atoms with E-state index in [4.69, 9.17) is 4.74 Å². The van der Waals surface area contributed by atoms with E-state index in [0.717, 1.165) is 5.69 Å². The minimum atomic E-state index is 0.363. The number of aromatic nitrogens is 2. The van der Waals surface area contributed by atoms with E-state index in [1.165, 1.54) is 0 Å². The van der Waals surface area contributed by atoms with Gasteiger partial charge in [0.2, 0.25) is 5.88 Å². The largest absolute Gasteiger partial charge is 0.481 e. The Morgan fingerprint density at radius 3 is 2.44 bits per heavy atom. The van der Waals surface area contributed by atoms with Gasteiger partial charge in [-0.2, -0.15) is 0 Å². The topological polar surface area (TPSA) is 47.0 Å². The van der Waals surface area contributed by atoms with Crippen molar-refractivity contribution in [2.24, 2.45) is 5.92 Å². The lowest BCUT2D eigenvalue weighted by atomic mass is 9.86. The number of ether oxygens (including phenoxy) is 1. The molecule has 0 saturated carbocycles. The average Bonchev–Trinajstić information content (AvgIpc) is 2.29. The van der Waals surface area contributed by atoms with Gasteiger partial charge < -0.3 is 10.1 Å². The molecule has 0 radical (unpaired) electrons. The average molecular weight is 223 g/mol. The molecule has 0 amide bonds. The van der Waals surface area contributed by atoms with E-state index < -0.39 is 0 Å². The summed E-state index contributed by atoms with van der Waals surface area (Å²) in [5, 5.41) is 3.28. The molecule has 0 aromatic carbocycles. The van der Waals surface area contributed by atoms with Gasteiger partial charge in [0.25, 0.3) is 0 Å². The summed E-state index contributed by atoms with van der Waals surface area (Å²) < 4.78 is 5.13. The van der Waals surface area contributed by atoms with Crippen LogP contribution < -0.4 is 10.1 Å². The highest BCUT2D eigenvalue weighted by molar-refractivity contribution is 5.19. The summed E-state index contributed by atoms with van der Waals surface area (Å²) >= 11 is 0. The molecule has 2 atom stereocenters. The van der Waals surface area contributed by atoms with Crippen molar-refractivity contribution in [3.05, 3.63) is 18.1 Å². The van der Waals surface area contributed by atoms with Crippen LogP contribution in [0.15, 0.2) is 12.4 Å². The molecule has 1 aromatic heterocycles. The van der Waals surface area contributed by atoms with Crippen LogP contribution in [-0.2, 0) is 0 Å². The maximum Gasteiger partial charge on any atom is 0.216 e. The van der Waals surface area contributed by atoms with Crippen molar-refractivity contribution in [2.45, 2.75) is 32.7 Å². The molecule has 0 saturated heterocycles. The standard InChI is InChI=1S/C12H21N3O/c1-8(2)12(9(3)13-4)10-6-11(16-5)15-7-14-10/h6-9,12-13H,1-5H3. The summed E-state index contributed by atoms with van der Waals surface area (Å²) in [6.07, 6.45) is 1.56. The van der Waals surface area contributed by atoms with Crippen LogP contribution in [0.2, 0.25) is 0 Å². The number of hydrogen-bond acceptors (Lipinski definition) is 4. The zero-order chi connectivity index (χ0) is 12.1. The van der Waals surface area contributed by atoms with E-state index in [0.29, 0.717) is 23.8 Å². The van der Waals surface area contributed by atoms with Crippen LogP contribution in [-0.4, -0.2) is 30.2 Å². The highest BCUT2D eigenvalue weighted by Crippen LogP contribution is 2.27. The molecule has 1 heterocycles.